The normalized spacial score (nSPS) is 12.0. The summed E-state index contributed by atoms with van der Waals surface area (Å²) in [6.45, 7) is 7.30. The highest BCUT2D eigenvalue weighted by molar-refractivity contribution is 7.22. The highest BCUT2D eigenvalue weighted by Crippen LogP contribution is 2.30. The zero-order valence-electron chi connectivity index (χ0n) is 10.4. The summed E-state index contributed by atoms with van der Waals surface area (Å²) in [6, 6.07) is 6.41. The van der Waals surface area contributed by atoms with Crippen molar-refractivity contribution in [3.63, 3.8) is 0 Å². The minimum atomic E-state index is 0.128. The summed E-state index contributed by atoms with van der Waals surface area (Å²) < 4.78 is 1.19. The van der Waals surface area contributed by atoms with Gasteiger partial charge in [0.2, 0.25) is 0 Å². The zero-order chi connectivity index (χ0) is 12.5. The molecule has 2 rings (SSSR count). The Balaban J connectivity index is 2.34. The third-order valence-corrected chi connectivity index (χ3v) is 3.62. The van der Waals surface area contributed by atoms with Crippen molar-refractivity contribution < 1.29 is 5.11 Å². The molecule has 2 N–H and O–H groups in total. The largest absolute Gasteiger partial charge is 0.395 e. The summed E-state index contributed by atoms with van der Waals surface area (Å²) in [6.07, 6.45) is 0. The molecule has 1 aromatic carbocycles. The topological polar surface area (TPSA) is 45.2 Å². The maximum absolute atomic E-state index is 8.77. The lowest BCUT2D eigenvalue weighted by Gasteiger charge is -2.18. The van der Waals surface area contributed by atoms with Crippen molar-refractivity contribution >= 4 is 26.7 Å². The second-order valence-electron chi connectivity index (χ2n) is 5.10. The molecule has 1 aromatic heterocycles. The molecule has 0 amide bonds. The summed E-state index contributed by atoms with van der Waals surface area (Å²) in [5.74, 6) is 0. The van der Waals surface area contributed by atoms with Gasteiger partial charge < -0.3 is 10.4 Å². The number of hydrogen-bond donors (Lipinski definition) is 2. The van der Waals surface area contributed by atoms with Gasteiger partial charge in [0.1, 0.15) is 0 Å². The van der Waals surface area contributed by atoms with Gasteiger partial charge in [0, 0.05) is 6.54 Å². The molecule has 0 spiro atoms. The fraction of sp³-hybridized carbons (Fsp3) is 0.462. The van der Waals surface area contributed by atoms with Crippen LogP contribution < -0.4 is 5.32 Å². The van der Waals surface area contributed by atoms with Gasteiger partial charge >= 0.3 is 0 Å². The van der Waals surface area contributed by atoms with Crippen molar-refractivity contribution in [2.24, 2.45) is 0 Å². The Labute approximate surface area is 106 Å². The minimum Gasteiger partial charge on any atom is -0.395 e. The van der Waals surface area contributed by atoms with Gasteiger partial charge in [-0.2, -0.15) is 0 Å². The highest BCUT2D eigenvalue weighted by atomic mass is 32.1. The molecule has 0 atom stereocenters. The number of rotatable bonds is 3. The number of aliphatic hydroxyl groups is 1. The number of nitrogens with zero attached hydrogens (tertiary/aromatic N) is 1. The van der Waals surface area contributed by atoms with Crippen LogP contribution in [0.4, 0.5) is 5.13 Å². The number of fused-ring (bicyclic) bond motifs is 1. The van der Waals surface area contributed by atoms with E-state index in [0.29, 0.717) is 6.54 Å². The van der Waals surface area contributed by atoms with E-state index in [0.717, 1.165) is 10.6 Å². The molecule has 0 saturated carbocycles. The van der Waals surface area contributed by atoms with Gasteiger partial charge in [-0.1, -0.05) is 38.2 Å². The number of anilines is 1. The molecular formula is C13H18N2OS. The van der Waals surface area contributed by atoms with Crippen molar-refractivity contribution in [1.82, 2.24) is 4.98 Å². The van der Waals surface area contributed by atoms with Crippen molar-refractivity contribution in [3.05, 3.63) is 23.8 Å². The van der Waals surface area contributed by atoms with Crippen molar-refractivity contribution in [3.8, 4) is 0 Å². The van der Waals surface area contributed by atoms with E-state index in [2.05, 4.69) is 49.3 Å². The lowest BCUT2D eigenvalue weighted by molar-refractivity contribution is 0.311. The first kappa shape index (κ1) is 12.3. The van der Waals surface area contributed by atoms with Crippen LogP contribution in [0.2, 0.25) is 0 Å². The van der Waals surface area contributed by atoms with Gasteiger partial charge in [0.05, 0.1) is 16.8 Å². The molecule has 0 unspecified atom stereocenters. The van der Waals surface area contributed by atoms with Gasteiger partial charge in [0.15, 0.2) is 5.13 Å². The zero-order valence-corrected chi connectivity index (χ0v) is 11.3. The Kier molecular flexibility index (Phi) is 3.35. The maximum atomic E-state index is 8.77. The summed E-state index contributed by atoms with van der Waals surface area (Å²) in [7, 11) is 0. The van der Waals surface area contributed by atoms with Gasteiger partial charge in [-0.05, 0) is 23.1 Å². The SMILES string of the molecule is CC(C)(C)c1ccc2nc(NCCO)sc2c1. The Morgan fingerprint density at radius 1 is 1.35 bits per heavy atom. The molecule has 2 aromatic rings. The van der Waals surface area contributed by atoms with Gasteiger partial charge in [-0.15, -0.1) is 0 Å². The van der Waals surface area contributed by atoms with Crippen LogP contribution in [0.3, 0.4) is 0 Å². The summed E-state index contributed by atoms with van der Waals surface area (Å²) in [5, 5.41) is 12.7. The fourth-order valence-electron chi connectivity index (χ4n) is 1.63. The lowest BCUT2D eigenvalue weighted by Crippen LogP contribution is -2.10. The quantitative estimate of drug-likeness (QED) is 0.880. The Bertz CT molecular complexity index is 514. The van der Waals surface area contributed by atoms with Crippen LogP contribution in [0.5, 0.6) is 0 Å². The average molecular weight is 250 g/mol. The van der Waals surface area contributed by atoms with Crippen LogP contribution >= 0.6 is 11.3 Å². The number of thiazole rings is 1. The molecule has 17 heavy (non-hydrogen) atoms. The molecule has 0 aliphatic carbocycles. The monoisotopic (exact) mass is 250 g/mol. The maximum Gasteiger partial charge on any atom is 0.183 e. The van der Waals surface area contributed by atoms with E-state index >= 15 is 0 Å². The lowest BCUT2D eigenvalue weighted by atomic mass is 9.87. The molecule has 0 radical (unpaired) electrons. The van der Waals surface area contributed by atoms with E-state index in [9.17, 15) is 0 Å². The van der Waals surface area contributed by atoms with Crippen LogP contribution in [0.25, 0.3) is 10.2 Å². The van der Waals surface area contributed by atoms with Crippen molar-refractivity contribution in [2.75, 3.05) is 18.5 Å². The van der Waals surface area contributed by atoms with Crippen LogP contribution in [-0.2, 0) is 5.41 Å². The minimum absolute atomic E-state index is 0.128. The average Bonchev–Trinajstić information content (AvgIpc) is 2.66. The standard InChI is InChI=1S/C13H18N2OS/c1-13(2,3)9-4-5-10-11(8-9)17-12(15-10)14-6-7-16/h4-5,8,16H,6-7H2,1-3H3,(H,14,15). The van der Waals surface area contributed by atoms with Gasteiger partial charge in [0.25, 0.3) is 0 Å². The first-order chi connectivity index (χ1) is 8.00. The molecule has 92 valence electrons. The Morgan fingerprint density at radius 2 is 2.12 bits per heavy atom. The van der Waals surface area contributed by atoms with Gasteiger partial charge in [-0.25, -0.2) is 4.98 Å². The second-order valence-corrected chi connectivity index (χ2v) is 6.13. The molecule has 0 saturated heterocycles. The van der Waals surface area contributed by atoms with Crippen molar-refractivity contribution in [1.29, 1.82) is 0 Å². The molecule has 0 fully saturated rings. The molecule has 1 heterocycles. The Morgan fingerprint density at radius 3 is 2.76 bits per heavy atom. The van der Waals surface area contributed by atoms with Gasteiger partial charge in [-0.3, -0.25) is 0 Å². The Hall–Kier alpha value is -1.13. The number of nitrogens with one attached hydrogen (secondary N) is 1. The second kappa shape index (κ2) is 4.63. The van der Waals surface area contributed by atoms with E-state index in [4.69, 9.17) is 5.11 Å². The number of aliphatic hydroxyl groups excluding tert-OH is 1. The molecule has 0 aliphatic rings. The van der Waals surface area contributed by atoms with Crippen molar-refractivity contribution in [2.45, 2.75) is 26.2 Å². The van der Waals surface area contributed by atoms with E-state index in [1.54, 1.807) is 11.3 Å². The van der Waals surface area contributed by atoms with E-state index < -0.39 is 0 Å². The summed E-state index contributed by atoms with van der Waals surface area (Å²) in [5.41, 5.74) is 2.50. The van der Waals surface area contributed by atoms with Crippen LogP contribution in [0.1, 0.15) is 26.3 Å². The van der Waals surface area contributed by atoms with Crippen LogP contribution in [0.15, 0.2) is 18.2 Å². The fourth-order valence-corrected chi connectivity index (χ4v) is 2.56. The number of hydrogen-bond acceptors (Lipinski definition) is 4. The molecule has 0 bridgehead atoms. The molecule has 3 nitrogen and oxygen atoms in total. The van der Waals surface area contributed by atoms with E-state index in [1.807, 2.05) is 0 Å². The van der Waals surface area contributed by atoms with Crippen LogP contribution in [0, 0.1) is 0 Å². The first-order valence-electron chi connectivity index (χ1n) is 5.76. The molecular weight excluding hydrogens is 232 g/mol. The summed E-state index contributed by atoms with van der Waals surface area (Å²) >= 11 is 1.63. The summed E-state index contributed by atoms with van der Waals surface area (Å²) in [4.78, 5) is 4.47. The third-order valence-electron chi connectivity index (χ3n) is 2.64. The van der Waals surface area contributed by atoms with E-state index in [1.165, 1.54) is 10.3 Å². The highest BCUT2D eigenvalue weighted by Gasteiger charge is 2.14. The number of aromatic nitrogens is 1. The third kappa shape index (κ3) is 2.76. The van der Waals surface area contributed by atoms with E-state index in [-0.39, 0.29) is 12.0 Å². The first-order valence-corrected chi connectivity index (χ1v) is 6.58. The smallest absolute Gasteiger partial charge is 0.183 e. The predicted molar refractivity (Wildman–Crippen MR) is 73.9 cm³/mol. The number of benzene rings is 1. The molecule has 0 aliphatic heterocycles. The van der Waals surface area contributed by atoms with Crippen LogP contribution in [-0.4, -0.2) is 23.2 Å². The predicted octanol–water partition coefficient (Wildman–Crippen LogP) is 3.00. The molecule has 4 heteroatoms.